The van der Waals surface area contributed by atoms with E-state index in [-0.39, 0.29) is 24.4 Å². The molecule has 17 heavy (non-hydrogen) atoms. The van der Waals surface area contributed by atoms with Gasteiger partial charge in [-0.15, -0.1) is 0 Å². The summed E-state index contributed by atoms with van der Waals surface area (Å²) in [6.45, 7) is 1.55. The van der Waals surface area contributed by atoms with Crippen molar-refractivity contribution in [2.24, 2.45) is 0 Å². The van der Waals surface area contributed by atoms with E-state index in [0.717, 1.165) is 0 Å². The number of nitro benzene ring substituents is 1. The highest BCUT2D eigenvalue weighted by molar-refractivity contribution is 5.98. The van der Waals surface area contributed by atoms with Gasteiger partial charge in [0, 0.05) is 19.2 Å². The highest BCUT2D eigenvalue weighted by Gasteiger charge is 2.24. The van der Waals surface area contributed by atoms with E-state index in [0.29, 0.717) is 5.56 Å². The van der Waals surface area contributed by atoms with Crippen LogP contribution in [-0.4, -0.2) is 41.0 Å². The van der Waals surface area contributed by atoms with Gasteiger partial charge in [0.1, 0.15) is 5.56 Å². The number of carbonyl (C=O) groups is 1. The van der Waals surface area contributed by atoms with Crippen LogP contribution in [0.4, 0.5) is 5.69 Å². The Bertz CT molecular complexity index is 445. The third kappa shape index (κ3) is 2.79. The van der Waals surface area contributed by atoms with Crippen molar-refractivity contribution in [3.8, 4) is 0 Å². The first kappa shape index (κ1) is 13.1. The highest BCUT2D eigenvalue weighted by atomic mass is 16.6. The van der Waals surface area contributed by atoms with E-state index in [1.54, 1.807) is 19.1 Å². The Morgan fingerprint density at radius 1 is 1.53 bits per heavy atom. The van der Waals surface area contributed by atoms with Crippen molar-refractivity contribution in [1.29, 1.82) is 0 Å². The van der Waals surface area contributed by atoms with Crippen molar-refractivity contribution < 1.29 is 14.8 Å². The van der Waals surface area contributed by atoms with Crippen molar-refractivity contribution in [3.63, 3.8) is 0 Å². The fourth-order valence-corrected chi connectivity index (χ4v) is 1.53. The van der Waals surface area contributed by atoms with Gasteiger partial charge in [-0.1, -0.05) is 12.1 Å². The van der Waals surface area contributed by atoms with Gasteiger partial charge in [-0.05, 0) is 13.0 Å². The zero-order valence-corrected chi connectivity index (χ0v) is 9.71. The summed E-state index contributed by atoms with van der Waals surface area (Å²) in [5.41, 5.74) is 0.312. The van der Waals surface area contributed by atoms with Gasteiger partial charge in [-0.3, -0.25) is 14.9 Å². The van der Waals surface area contributed by atoms with Crippen LogP contribution in [0.5, 0.6) is 0 Å². The molecule has 0 saturated carbocycles. The molecule has 0 spiro atoms. The Hall–Kier alpha value is -1.95. The first-order valence-corrected chi connectivity index (χ1v) is 5.09. The number of para-hydroxylation sites is 1. The number of rotatable bonds is 4. The van der Waals surface area contributed by atoms with Gasteiger partial charge in [0.2, 0.25) is 0 Å². The number of nitrogens with zero attached hydrogens (tertiary/aromatic N) is 2. The van der Waals surface area contributed by atoms with Crippen LogP contribution in [0, 0.1) is 17.0 Å². The predicted octanol–water partition coefficient (Wildman–Crippen LogP) is 0.968. The Balaban J connectivity index is 3.18. The van der Waals surface area contributed by atoms with E-state index in [9.17, 15) is 14.9 Å². The lowest BCUT2D eigenvalue weighted by Crippen LogP contribution is -2.30. The van der Waals surface area contributed by atoms with Crippen LogP contribution in [0.1, 0.15) is 15.9 Å². The minimum atomic E-state index is -0.560. The number of aliphatic hydroxyl groups excluding tert-OH is 1. The zero-order valence-electron chi connectivity index (χ0n) is 9.71. The molecule has 0 atom stereocenters. The lowest BCUT2D eigenvalue weighted by Gasteiger charge is -2.15. The Morgan fingerprint density at radius 3 is 2.71 bits per heavy atom. The summed E-state index contributed by atoms with van der Waals surface area (Å²) in [5.74, 6) is -0.463. The van der Waals surface area contributed by atoms with Gasteiger partial charge in [0.25, 0.3) is 11.6 Å². The molecular weight excluding hydrogens is 224 g/mol. The number of hydrogen-bond acceptors (Lipinski definition) is 4. The second-order valence-electron chi connectivity index (χ2n) is 3.68. The molecule has 1 aromatic rings. The minimum absolute atomic E-state index is 0.0472. The van der Waals surface area contributed by atoms with Crippen molar-refractivity contribution >= 4 is 11.6 Å². The number of likely N-dealkylation sites (N-methyl/N-ethyl adjacent to an activating group) is 1. The molecule has 92 valence electrons. The topological polar surface area (TPSA) is 83.7 Å². The van der Waals surface area contributed by atoms with Crippen LogP contribution in [0.15, 0.2) is 18.2 Å². The van der Waals surface area contributed by atoms with Crippen LogP contribution in [0.3, 0.4) is 0 Å². The molecule has 0 radical (unpaired) electrons. The van der Waals surface area contributed by atoms with Crippen molar-refractivity contribution in [3.05, 3.63) is 39.4 Å². The SMILES string of the molecule is Cc1cccc(C(=O)N(C)CCO)c1[N+](=O)[O-]. The van der Waals surface area contributed by atoms with E-state index in [1.807, 2.05) is 0 Å². The largest absolute Gasteiger partial charge is 0.395 e. The average molecular weight is 238 g/mol. The van der Waals surface area contributed by atoms with Gasteiger partial charge in [0.15, 0.2) is 0 Å². The van der Waals surface area contributed by atoms with Crippen LogP contribution in [0.2, 0.25) is 0 Å². The summed E-state index contributed by atoms with van der Waals surface area (Å²) in [5, 5.41) is 19.7. The summed E-state index contributed by atoms with van der Waals surface area (Å²) in [7, 11) is 1.49. The van der Waals surface area contributed by atoms with E-state index >= 15 is 0 Å². The number of aliphatic hydroxyl groups is 1. The van der Waals surface area contributed by atoms with Gasteiger partial charge < -0.3 is 10.0 Å². The molecule has 1 aromatic carbocycles. The van der Waals surface area contributed by atoms with Crippen molar-refractivity contribution in [2.45, 2.75) is 6.92 Å². The monoisotopic (exact) mass is 238 g/mol. The van der Waals surface area contributed by atoms with Crippen LogP contribution >= 0.6 is 0 Å². The number of hydrogen-bond donors (Lipinski definition) is 1. The van der Waals surface area contributed by atoms with Gasteiger partial charge >= 0.3 is 0 Å². The molecule has 0 heterocycles. The lowest BCUT2D eigenvalue weighted by atomic mass is 10.1. The second kappa shape index (κ2) is 5.40. The maximum atomic E-state index is 11.9. The van der Waals surface area contributed by atoms with Gasteiger partial charge in [-0.25, -0.2) is 0 Å². The highest BCUT2D eigenvalue weighted by Crippen LogP contribution is 2.23. The molecular formula is C11H14N2O4. The van der Waals surface area contributed by atoms with E-state index in [1.165, 1.54) is 18.0 Å². The number of amides is 1. The number of aryl methyl sites for hydroxylation is 1. The summed E-state index contributed by atoms with van der Waals surface area (Å²) < 4.78 is 0. The van der Waals surface area contributed by atoms with Gasteiger partial charge in [-0.2, -0.15) is 0 Å². The van der Waals surface area contributed by atoms with Crippen molar-refractivity contribution in [2.75, 3.05) is 20.2 Å². The van der Waals surface area contributed by atoms with Crippen LogP contribution in [-0.2, 0) is 0 Å². The number of nitro groups is 1. The van der Waals surface area contributed by atoms with Crippen molar-refractivity contribution in [1.82, 2.24) is 4.90 Å². The Kier molecular flexibility index (Phi) is 4.17. The summed E-state index contributed by atoms with van der Waals surface area (Å²) >= 11 is 0. The first-order valence-electron chi connectivity index (χ1n) is 5.09. The standard InChI is InChI=1S/C11H14N2O4/c1-8-4-3-5-9(10(8)13(16)17)11(15)12(2)6-7-14/h3-5,14H,6-7H2,1-2H3. The summed E-state index contributed by atoms with van der Waals surface area (Å²) in [6, 6.07) is 4.60. The Morgan fingerprint density at radius 2 is 2.18 bits per heavy atom. The molecule has 1 rings (SSSR count). The van der Waals surface area contributed by atoms with E-state index in [2.05, 4.69) is 0 Å². The maximum Gasteiger partial charge on any atom is 0.285 e. The predicted molar refractivity (Wildman–Crippen MR) is 61.9 cm³/mol. The molecule has 0 unspecified atom stereocenters. The third-order valence-corrected chi connectivity index (χ3v) is 2.43. The van der Waals surface area contributed by atoms with E-state index < -0.39 is 10.8 Å². The molecule has 0 aromatic heterocycles. The minimum Gasteiger partial charge on any atom is -0.395 e. The fourth-order valence-electron chi connectivity index (χ4n) is 1.53. The molecule has 0 aliphatic rings. The molecule has 0 bridgehead atoms. The normalized spacial score (nSPS) is 10.1. The molecule has 1 amide bonds. The van der Waals surface area contributed by atoms with Crippen LogP contribution < -0.4 is 0 Å². The maximum absolute atomic E-state index is 11.9. The number of benzene rings is 1. The average Bonchev–Trinajstić information content (AvgIpc) is 2.27. The fraction of sp³-hybridized carbons (Fsp3) is 0.364. The number of carbonyl (C=O) groups excluding carboxylic acids is 1. The zero-order chi connectivity index (χ0) is 13.0. The first-order chi connectivity index (χ1) is 7.99. The van der Waals surface area contributed by atoms with Crippen LogP contribution in [0.25, 0.3) is 0 Å². The molecule has 0 aliphatic heterocycles. The molecule has 0 aliphatic carbocycles. The summed E-state index contributed by atoms with van der Waals surface area (Å²) in [4.78, 5) is 23.5. The molecule has 0 fully saturated rings. The second-order valence-corrected chi connectivity index (χ2v) is 3.68. The quantitative estimate of drug-likeness (QED) is 0.625. The van der Waals surface area contributed by atoms with E-state index in [4.69, 9.17) is 5.11 Å². The summed E-state index contributed by atoms with van der Waals surface area (Å²) in [6.07, 6.45) is 0. The molecule has 6 heteroatoms. The van der Waals surface area contributed by atoms with Gasteiger partial charge in [0.05, 0.1) is 11.5 Å². The molecule has 6 nitrogen and oxygen atoms in total. The smallest absolute Gasteiger partial charge is 0.285 e. The molecule has 1 N–H and O–H groups in total. The molecule has 0 saturated heterocycles. The lowest BCUT2D eigenvalue weighted by molar-refractivity contribution is -0.385. The Labute approximate surface area is 98.6 Å². The third-order valence-electron chi connectivity index (χ3n) is 2.43.